The summed E-state index contributed by atoms with van der Waals surface area (Å²) in [6.07, 6.45) is 6.73. The van der Waals surface area contributed by atoms with E-state index in [-0.39, 0.29) is 17.8 Å². The van der Waals surface area contributed by atoms with E-state index in [2.05, 4.69) is 20.7 Å². The van der Waals surface area contributed by atoms with Gasteiger partial charge in [-0.05, 0) is 92.7 Å². The van der Waals surface area contributed by atoms with Gasteiger partial charge in [0.1, 0.15) is 0 Å². The van der Waals surface area contributed by atoms with E-state index in [4.69, 9.17) is 15.5 Å². The van der Waals surface area contributed by atoms with E-state index in [1.54, 1.807) is 18.0 Å². The molecule has 5 amide bonds. The number of piperidine rings is 2. The molecule has 0 unspecified atom stereocenters. The predicted octanol–water partition coefficient (Wildman–Crippen LogP) is 2.85. The number of tetrazole rings is 1. The number of hydrogen-bond acceptors (Lipinski definition) is 9. The summed E-state index contributed by atoms with van der Waals surface area (Å²) < 4.78 is 0. The zero-order chi connectivity index (χ0) is 31.9. The number of aryl methyl sites for hydroxylation is 1. The van der Waals surface area contributed by atoms with Crippen molar-refractivity contribution in [3.8, 4) is 11.4 Å². The summed E-state index contributed by atoms with van der Waals surface area (Å²) >= 11 is 0. The first kappa shape index (κ1) is 34.2. The lowest BCUT2D eigenvalue weighted by molar-refractivity contribution is -0.130. The number of carbonyl (C=O) groups is 4. The number of amides is 5. The van der Waals surface area contributed by atoms with Crippen molar-refractivity contribution in [1.82, 2.24) is 41.0 Å². The molecule has 44 heavy (non-hydrogen) atoms. The van der Waals surface area contributed by atoms with Crippen LogP contribution in [0.2, 0.25) is 0 Å². The Kier molecular flexibility index (Phi) is 13.8. The quantitative estimate of drug-likeness (QED) is 0.169. The Hall–Kier alpha value is -4.31. The van der Waals surface area contributed by atoms with Crippen LogP contribution in [0.25, 0.3) is 11.4 Å². The monoisotopic (exact) mass is 617 g/mol. The molecule has 2 aliphatic heterocycles. The third-order valence-electron chi connectivity index (χ3n) is 7.97. The van der Waals surface area contributed by atoms with Crippen LogP contribution in [-0.4, -0.2) is 95.6 Å². The zero-order valence-corrected chi connectivity index (χ0v) is 25.0. The summed E-state index contributed by atoms with van der Waals surface area (Å²) in [5.41, 5.74) is 4.80. The molecule has 16 heteroatoms. The number of rotatable bonds is 10. The van der Waals surface area contributed by atoms with E-state index in [0.717, 1.165) is 62.6 Å². The van der Waals surface area contributed by atoms with Gasteiger partial charge < -0.3 is 20.2 Å². The summed E-state index contributed by atoms with van der Waals surface area (Å²) in [5, 5.41) is 40.4. The van der Waals surface area contributed by atoms with E-state index >= 15 is 0 Å². The maximum Gasteiger partial charge on any atom is 0.407 e. The number of hydrogen-bond donors (Lipinski definition) is 6. The van der Waals surface area contributed by atoms with Crippen LogP contribution >= 0.6 is 0 Å². The highest BCUT2D eigenvalue weighted by Gasteiger charge is 2.23. The summed E-state index contributed by atoms with van der Waals surface area (Å²) in [6.45, 7) is 2.58. The topological polar surface area (TPSA) is 215 Å². The molecule has 16 nitrogen and oxygen atoms in total. The van der Waals surface area contributed by atoms with E-state index in [9.17, 15) is 19.2 Å². The number of urea groups is 1. The van der Waals surface area contributed by atoms with Crippen LogP contribution in [-0.2, 0) is 16.6 Å². The van der Waals surface area contributed by atoms with Crippen molar-refractivity contribution in [1.29, 1.82) is 0 Å². The van der Waals surface area contributed by atoms with Gasteiger partial charge in [-0.15, -0.1) is 10.2 Å². The molecule has 4 rings (SSSR count). The Balaban J connectivity index is 0.000000281. The van der Waals surface area contributed by atoms with Crippen LogP contribution in [0.3, 0.4) is 0 Å². The van der Waals surface area contributed by atoms with Crippen LogP contribution in [0.4, 0.5) is 15.3 Å². The van der Waals surface area contributed by atoms with Crippen LogP contribution in [0.1, 0.15) is 64.2 Å². The molecule has 2 aromatic rings. The van der Waals surface area contributed by atoms with Gasteiger partial charge in [-0.3, -0.25) is 20.0 Å². The second-order valence-electron chi connectivity index (χ2n) is 11.1. The fraction of sp³-hybridized carbons (Fsp3) is 0.607. The van der Waals surface area contributed by atoms with Gasteiger partial charge in [-0.2, -0.15) is 4.80 Å². The van der Waals surface area contributed by atoms with Gasteiger partial charge in [-0.25, -0.2) is 20.5 Å². The Labute approximate surface area is 255 Å². The molecule has 2 fully saturated rings. The number of benzene rings is 1. The molecule has 2 saturated heterocycles. The van der Waals surface area contributed by atoms with Crippen LogP contribution < -0.4 is 16.3 Å². The van der Waals surface area contributed by atoms with E-state index in [0.29, 0.717) is 56.7 Å². The summed E-state index contributed by atoms with van der Waals surface area (Å²) in [4.78, 5) is 49.5. The van der Waals surface area contributed by atoms with Crippen molar-refractivity contribution in [3.63, 3.8) is 0 Å². The Morgan fingerprint density at radius 3 is 1.75 bits per heavy atom. The molecule has 0 radical (unpaired) electrons. The smallest absolute Gasteiger partial charge is 0.407 e. The van der Waals surface area contributed by atoms with Crippen molar-refractivity contribution < 1.29 is 34.7 Å². The molecule has 1 aromatic heterocycles. The lowest BCUT2D eigenvalue weighted by atomic mass is 9.91. The molecule has 2 aliphatic rings. The highest BCUT2D eigenvalue weighted by atomic mass is 16.5. The molecule has 242 valence electrons. The maximum atomic E-state index is 12.5. The van der Waals surface area contributed by atoms with Gasteiger partial charge >= 0.3 is 12.1 Å². The second-order valence-corrected chi connectivity index (χ2v) is 11.1. The van der Waals surface area contributed by atoms with Crippen molar-refractivity contribution >= 4 is 29.6 Å². The Bertz CT molecular complexity index is 1210. The number of likely N-dealkylation sites (tertiary alicyclic amines) is 2. The van der Waals surface area contributed by atoms with Gasteiger partial charge in [-0.1, -0.05) is 0 Å². The minimum absolute atomic E-state index is 0.108. The Morgan fingerprint density at radius 2 is 1.32 bits per heavy atom. The first-order chi connectivity index (χ1) is 21.2. The number of nitrogens with one attached hydrogen (secondary N) is 3. The third-order valence-corrected chi connectivity index (χ3v) is 7.97. The first-order valence-corrected chi connectivity index (χ1v) is 14.9. The number of anilines is 1. The third kappa shape index (κ3) is 11.4. The summed E-state index contributed by atoms with van der Waals surface area (Å²) in [6, 6.07) is 7.23. The average Bonchev–Trinajstić information content (AvgIpc) is 3.48. The van der Waals surface area contributed by atoms with Gasteiger partial charge in [0, 0.05) is 50.3 Å². The van der Waals surface area contributed by atoms with Gasteiger partial charge in [0.25, 0.3) is 0 Å². The van der Waals surface area contributed by atoms with Gasteiger partial charge in [0.15, 0.2) is 0 Å². The number of hydroxylamine groups is 2. The molecule has 0 aliphatic carbocycles. The van der Waals surface area contributed by atoms with Crippen LogP contribution in [0.15, 0.2) is 24.3 Å². The normalized spacial score (nSPS) is 15.6. The van der Waals surface area contributed by atoms with E-state index in [1.165, 1.54) is 9.70 Å². The minimum atomic E-state index is -0.849. The molecule has 0 atom stereocenters. The molecular formula is C28H43N9O7. The standard InChI is InChI=1S/C18H25N7O3.C10H18N2O4/c1-24-21-17(20-23-24)14-5-7-15(8-6-14)19-18(27)25-11-9-13(10-12-25)3-2-4-16(26)22-28;13-9(11-16)3-1-2-8-4-6-12(7-5-8)10(14)15/h5-8,13,28H,2-4,9-12H2,1H3,(H,19,27)(H,22,26);8,16H,1-7H2,(H,11,13)(H,14,15). The fourth-order valence-corrected chi connectivity index (χ4v) is 5.36. The highest BCUT2D eigenvalue weighted by Crippen LogP contribution is 2.24. The number of carbonyl (C=O) groups excluding carboxylic acids is 3. The molecule has 0 bridgehead atoms. The lowest BCUT2D eigenvalue weighted by Gasteiger charge is -2.32. The summed E-state index contributed by atoms with van der Waals surface area (Å²) in [5.74, 6) is 0.844. The lowest BCUT2D eigenvalue weighted by Crippen LogP contribution is -2.41. The molecule has 6 N–H and O–H groups in total. The number of aromatic nitrogens is 4. The average molecular weight is 618 g/mol. The van der Waals surface area contributed by atoms with Crippen LogP contribution in [0.5, 0.6) is 0 Å². The molecule has 0 spiro atoms. The molecule has 0 saturated carbocycles. The molecular weight excluding hydrogens is 574 g/mol. The number of carboxylic acid groups (broad SMARTS) is 1. The van der Waals surface area contributed by atoms with Gasteiger partial charge in [0.05, 0.1) is 7.05 Å². The fourth-order valence-electron chi connectivity index (χ4n) is 5.36. The second kappa shape index (κ2) is 17.7. The van der Waals surface area contributed by atoms with E-state index < -0.39 is 6.09 Å². The van der Waals surface area contributed by atoms with Crippen LogP contribution in [0, 0.1) is 11.8 Å². The molecule has 1 aromatic carbocycles. The largest absolute Gasteiger partial charge is 0.465 e. The zero-order valence-electron chi connectivity index (χ0n) is 25.0. The van der Waals surface area contributed by atoms with Crippen molar-refractivity contribution in [2.45, 2.75) is 64.2 Å². The highest BCUT2D eigenvalue weighted by molar-refractivity contribution is 5.89. The number of nitrogens with zero attached hydrogens (tertiary/aromatic N) is 6. The molecule has 3 heterocycles. The minimum Gasteiger partial charge on any atom is -0.465 e. The van der Waals surface area contributed by atoms with Crippen molar-refractivity contribution in [2.24, 2.45) is 18.9 Å². The summed E-state index contributed by atoms with van der Waals surface area (Å²) in [7, 11) is 1.71. The van der Waals surface area contributed by atoms with E-state index in [1.807, 2.05) is 29.2 Å². The van der Waals surface area contributed by atoms with Crippen molar-refractivity contribution in [3.05, 3.63) is 24.3 Å². The van der Waals surface area contributed by atoms with Crippen molar-refractivity contribution in [2.75, 3.05) is 31.5 Å². The van der Waals surface area contributed by atoms with Gasteiger partial charge in [0.2, 0.25) is 17.6 Å². The SMILES string of the molecule is Cn1nnc(-c2ccc(NC(=O)N3CCC(CCCC(=O)NO)CC3)cc2)n1.O=C(CCCC1CCN(C(=O)O)CC1)NO. The Morgan fingerprint density at radius 1 is 0.818 bits per heavy atom. The maximum absolute atomic E-state index is 12.5. The predicted molar refractivity (Wildman–Crippen MR) is 157 cm³/mol. The first-order valence-electron chi connectivity index (χ1n) is 14.9.